The molecule has 0 aromatic carbocycles. The molecule has 0 bridgehead atoms. The van der Waals surface area contributed by atoms with Crippen LogP contribution >= 0.6 is 11.3 Å². The van der Waals surface area contributed by atoms with E-state index >= 15 is 0 Å². The number of hydrogen-bond donors (Lipinski definition) is 1. The highest BCUT2D eigenvalue weighted by Crippen LogP contribution is 2.24. The van der Waals surface area contributed by atoms with Gasteiger partial charge in [0.05, 0.1) is 0 Å². The number of nitrogens with two attached hydrogens (primary N) is 1. The molecule has 0 aliphatic carbocycles. The van der Waals surface area contributed by atoms with Crippen molar-refractivity contribution < 1.29 is 4.79 Å². The Labute approximate surface area is 93.9 Å². The molecule has 0 spiro atoms. The number of nitrogens with zero attached hydrogens (tertiary/aromatic N) is 1. The third kappa shape index (κ3) is 2.06. The van der Waals surface area contributed by atoms with Crippen molar-refractivity contribution in [2.24, 2.45) is 5.73 Å². The van der Waals surface area contributed by atoms with E-state index in [1.54, 1.807) is 11.3 Å². The molecule has 0 saturated carbocycles. The second-order valence-corrected chi connectivity index (χ2v) is 4.93. The zero-order valence-corrected chi connectivity index (χ0v) is 9.72. The molecule has 2 N–H and O–H groups in total. The van der Waals surface area contributed by atoms with E-state index in [1.807, 2.05) is 23.3 Å². The molecular weight excluding hydrogens is 208 g/mol. The van der Waals surface area contributed by atoms with Gasteiger partial charge in [0.2, 0.25) is 5.91 Å². The van der Waals surface area contributed by atoms with E-state index in [2.05, 4.69) is 0 Å². The molecule has 1 fully saturated rings. The van der Waals surface area contributed by atoms with Crippen molar-refractivity contribution in [2.45, 2.75) is 25.8 Å². The zero-order valence-electron chi connectivity index (χ0n) is 8.90. The molecular formula is C11H16N2OS. The van der Waals surface area contributed by atoms with E-state index in [9.17, 15) is 4.79 Å². The van der Waals surface area contributed by atoms with Crippen LogP contribution in [0.25, 0.3) is 0 Å². The SMILES string of the molecule is Cc1ccsc1C(N)C(=O)N1CCCC1. The van der Waals surface area contributed by atoms with Gasteiger partial charge in [-0.05, 0) is 36.8 Å². The van der Waals surface area contributed by atoms with Gasteiger partial charge in [0, 0.05) is 18.0 Å². The molecule has 2 rings (SSSR count). The average molecular weight is 224 g/mol. The zero-order chi connectivity index (χ0) is 10.8. The molecule has 1 atom stereocenters. The normalized spacial score (nSPS) is 18.1. The van der Waals surface area contributed by atoms with Crippen molar-refractivity contribution in [3.05, 3.63) is 21.9 Å². The number of carbonyl (C=O) groups is 1. The van der Waals surface area contributed by atoms with Crippen LogP contribution in [0, 0.1) is 6.92 Å². The van der Waals surface area contributed by atoms with Crippen molar-refractivity contribution in [3.63, 3.8) is 0 Å². The molecule has 1 unspecified atom stereocenters. The summed E-state index contributed by atoms with van der Waals surface area (Å²) in [6.07, 6.45) is 2.23. The van der Waals surface area contributed by atoms with Gasteiger partial charge < -0.3 is 10.6 Å². The second-order valence-electron chi connectivity index (χ2n) is 3.98. The van der Waals surface area contributed by atoms with Crippen LogP contribution in [0.15, 0.2) is 11.4 Å². The summed E-state index contributed by atoms with van der Waals surface area (Å²) in [6.45, 7) is 3.75. The largest absolute Gasteiger partial charge is 0.341 e. The number of hydrogen-bond acceptors (Lipinski definition) is 3. The van der Waals surface area contributed by atoms with Crippen molar-refractivity contribution in [1.29, 1.82) is 0 Å². The van der Waals surface area contributed by atoms with Crippen LogP contribution in [-0.4, -0.2) is 23.9 Å². The Hall–Kier alpha value is -0.870. The highest BCUT2D eigenvalue weighted by Gasteiger charge is 2.26. The fourth-order valence-corrected chi connectivity index (χ4v) is 2.87. The average Bonchev–Trinajstić information content (AvgIpc) is 2.85. The van der Waals surface area contributed by atoms with Crippen molar-refractivity contribution in [1.82, 2.24) is 4.90 Å². The third-order valence-corrected chi connectivity index (χ3v) is 3.97. The first-order valence-electron chi connectivity index (χ1n) is 5.28. The summed E-state index contributed by atoms with van der Waals surface area (Å²) in [7, 11) is 0. The Bertz CT molecular complexity index is 355. The van der Waals surface area contributed by atoms with E-state index in [0.29, 0.717) is 0 Å². The van der Waals surface area contributed by atoms with Crippen molar-refractivity contribution in [3.8, 4) is 0 Å². The lowest BCUT2D eigenvalue weighted by Gasteiger charge is -2.19. The fourth-order valence-electron chi connectivity index (χ4n) is 1.95. The first kappa shape index (κ1) is 10.6. The topological polar surface area (TPSA) is 46.3 Å². The first-order chi connectivity index (χ1) is 7.20. The summed E-state index contributed by atoms with van der Waals surface area (Å²) in [4.78, 5) is 14.9. The van der Waals surface area contributed by atoms with Crippen molar-refractivity contribution in [2.75, 3.05) is 13.1 Å². The summed E-state index contributed by atoms with van der Waals surface area (Å²) in [6, 6.07) is 1.56. The van der Waals surface area contributed by atoms with Crippen LogP contribution < -0.4 is 5.73 Å². The first-order valence-corrected chi connectivity index (χ1v) is 6.16. The van der Waals surface area contributed by atoms with Crippen molar-refractivity contribution >= 4 is 17.2 Å². The van der Waals surface area contributed by atoms with Crippen LogP contribution in [0.4, 0.5) is 0 Å². The number of carbonyl (C=O) groups excluding carboxylic acids is 1. The molecule has 1 aliphatic rings. The van der Waals surface area contributed by atoms with Gasteiger partial charge in [0.25, 0.3) is 0 Å². The number of likely N-dealkylation sites (tertiary alicyclic amines) is 1. The number of aryl methyl sites for hydroxylation is 1. The molecule has 4 heteroatoms. The summed E-state index contributed by atoms with van der Waals surface area (Å²) < 4.78 is 0. The molecule has 1 amide bonds. The maximum Gasteiger partial charge on any atom is 0.244 e. The monoisotopic (exact) mass is 224 g/mol. The van der Waals surface area contributed by atoms with E-state index in [4.69, 9.17) is 5.73 Å². The lowest BCUT2D eigenvalue weighted by atomic mass is 10.1. The number of rotatable bonds is 2. The highest BCUT2D eigenvalue weighted by atomic mass is 32.1. The summed E-state index contributed by atoms with van der Waals surface area (Å²) in [5, 5.41) is 1.99. The summed E-state index contributed by atoms with van der Waals surface area (Å²) in [5.41, 5.74) is 7.11. The van der Waals surface area contributed by atoms with Crippen LogP contribution in [0.3, 0.4) is 0 Å². The van der Waals surface area contributed by atoms with Gasteiger partial charge in [-0.15, -0.1) is 11.3 Å². The molecule has 3 nitrogen and oxygen atoms in total. The maximum absolute atomic E-state index is 12.0. The van der Waals surface area contributed by atoms with Gasteiger partial charge in [-0.25, -0.2) is 0 Å². The van der Waals surface area contributed by atoms with Gasteiger partial charge in [-0.2, -0.15) is 0 Å². The van der Waals surface area contributed by atoms with Gasteiger partial charge in [0.15, 0.2) is 0 Å². The highest BCUT2D eigenvalue weighted by molar-refractivity contribution is 7.10. The predicted molar refractivity (Wildman–Crippen MR) is 61.8 cm³/mol. The molecule has 1 saturated heterocycles. The molecule has 1 aromatic heterocycles. The Morgan fingerprint density at radius 2 is 2.20 bits per heavy atom. The predicted octanol–water partition coefficient (Wildman–Crippen LogP) is 1.68. The fraction of sp³-hybridized carbons (Fsp3) is 0.545. The quantitative estimate of drug-likeness (QED) is 0.830. The Balaban J connectivity index is 2.10. The van der Waals surface area contributed by atoms with E-state index < -0.39 is 6.04 Å². The molecule has 15 heavy (non-hydrogen) atoms. The van der Waals surface area contributed by atoms with Gasteiger partial charge in [0.1, 0.15) is 6.04 Å². The minimum atomic E-state index is -0.455. The smallest absolute Gasteiger partial charge is 0.244 e. The number of thiophene rings is 1. The van der Waals surface area contributed by atoms with Crippen LogP contribution in [0.1, 0.15) is 29.3 Å². The lowest BCUT2D eigenvalue weighted by Crippen LogP contribution is -2.36. The summed E-state index contributed by atoms with van der Waals surface area (Å²) >= 11 is 1.57. The number of amides is 1. The summed E-state index contributed by atoms with van der Waals surface area (Å²) in [5.74, 6) is 0.0815. The standard InChI is InChI=1S/C11H16N2OS/c1-8-4-7-15-10(8)9(12)11(14)13-5-2-3-6-13/h4,7,9H,2-3,5-6,12H2,1H3. The van der Waals surface area contributed by atoms with Gasteiger partial charge >= 0.3 is 0 Å². The maximum atomic E-state index is 12.0. The second kappa shape index (κ2) is 4.33. The molecule has 2 heterocycles. The Kier molecular flexibility index (Phi) is 3.07. The molecule has 82 valence electrons. The molecule has 0 radical (unpaired) electrons. The van der Waals surface area contributed by atoms with Gasteiger partial charge in [-0.1, -0.05) is 0 Å². The van der Waals surface area contributed by atoms with E-state index in [-0.39, 0.29) is 5.91 Å². The molecule has 1 aromatic rings. The lowest BCUT2D eigenvalue weighted by molar-refractivity contribution is -0.131. The molecule has 1 aliphatic heterocycles. The van der Waals surface area contributed by atoms with E-state index in [1.165, 1.54) is 0 Å². The van der Waals surface area contributed by atoms with Crippen LogP contribution in [-0.2, 0) is 4.79 Å². The van der Waals surface area contributed by atoms with Crippen LogP contribution in [0.5, 0.6) is 0 Å². The minimum absolute atomic E-state index is 0.0815. The van der Waals surface area contributed by atoms with Gasteiger partial charge in [-0.3, -0.25) is 4.79 Å². The minimum Gasteiger partial charge on any atom is -0.341 e. The Morgan fingerprint density at radius 3 is 2.73 bits per heavy atom. The third-order valence-electron chi connectivity index (χ3n) is 2.87. The Morgan fingerprint density at radius 1 is 1.53 bits per heavy atom. The van der Waals surface area contributed by atoms with Crippen LogP contribution in [0.2, 0.25) is 0 Å². The van der Waals surface area contributed by atoms with E-state index in [0.717, 1.165) is 36.4 Å².